The summed E-state index contributed by atoms with van der Waals surface area (Å²) in [6, 6.07) is 2.78. The number of aliphatic imine (C=N–C) groups is 1. The summed E-state index contributed by atoms with van der Waals surface area (Å²) in [7, 11) is 0. The summed E-state index contributed by atoms with van der Waals surface area (Å²) in [5, 5.41) is 34.6. The highest BCUT2D eigenvalue weighted by Crippen LogP contribution is 2.27. The molecule has 1 atom stereocenters. The molecule has 1 aromatic carbocycles. The van der Waals surface area contributed by atoms with E-state index in [1.165, 1.54) is 0 Å². The first-order chi connectivity index (χ1) is 12.0. The van der Waals surface area contributed by atoms with Crippen LogP contribution in [0, 0.1) is 5.82 Å². The van der Waals surface area contributed by atoms with Gasteiger partial charge in [-0.15, -0.1) is 0 Å². The van der Waals surface area contributed by atoms with Gasteiger partial charge < -0.3 is 10.2 Å². The van der Waals surface area contributed by atoms with Gasteiger partial charge in [-0.25, -0.2) is 22.8 Å². The van der Waals surface area contributed by atoms with E-state index in [4.69, 9.17) is 5.11 Å². The number of hydroxylamine groups is 1. The van der Waals surface area contributed by atoms with Crippen molar-refractivity contribution >= 4 is 23.3 Å². The Morgan fingerprint density at radius 1 is 1.36 bits per heavy atom. The molecular weight excluding hydrogens is 365 g/mol. The number of benzene rings is 1. The van der Waals surface area contributed by atoms with Gasteiger partial charge in [-0.3, -0.25) is 10.7 Å². The van der Waals surface area contributed by atoms with Crippen LogP contribution in [0.1, 0.15) is 17.7 Å². The van der Waals surface area contributed by atoms with Crippen LogP contribution in [0.4, 0.5) is 18.9 Å². The molecule has 4 N–H and O–H groups in total. The van der Waals surface area contributed by atoms with E-state index in [0.29, 0.717) is 0 Å². The minimum absolute atomic E-state index is 0.0550. The molecule has 0 amide bonds. The highest BCUT2D eigenvalue weighted by molar-refractivity contribution is 7.99. The Morgan fingerprint density at radius 3 is 2.76 bits per heavy atom. The second-order valence-corrected chi connectivity index (χ2v) is 5.65. The maximum Gasteiger partial charge on any atom is 0.266 e. The maximum absolute atomic E-state index is 13.3. The Morgan fingerprint density at radius 2 is 2.12 bits per heavy atom. The van der Waals surface area contributed by atoms with E-state index >= 15 is 0 Å². The van der Waals surface area contributed by atoms with Crippen molar-refractivity contribution in [1.29, 1.82) is 0 Å². The van der Waals surface area contributed by atoms with E-state index in [-0.39, 0.29) is 28.0 Å². The van der Waals surface area contributed by atoms with Gasteiger partial charge in [0.25, 0.3) is 6.43 Å². The fourth-order valence-electron chi connectivity index (χ4n) is 1.68. The first-order valence-corrected chi connectivity index (χ1v) is 7.75. The van der Waals surface area contributed by atoms with Crippen LogP contribution in [-0.4, -0.2) is 50.0 Å². The molecule has 1 heterocycles. The number of hydrogen-bond acceptors (Lipinski definition) is 8. The van der Waals surface area contributed by atoms with Crippen LogP contribution >= 0.6 is 11.8 Å². The number of halogens is 3. The van der Waals surface area contributed by atoms with E-state index in [9.17, 15) is 23.5 Å². The Labute approximate surface area is 143 Å². The zero-order valence-corrected chi connectivity index (χ0v) is 13.3. The number of nitrogens with zero attached hydrogens (tertiary/aromatic N) is 3. The molecule has 0 aliphatic heterocycles. The number of hydrogen-bond donors (Lipinski definition) is 4. The molecule has 0 aliphatic rings. The van der Waals surface area contributed by atoms with Crippen LogP contribution < -0.4 is 5.48 Å². The molecule has 0 spiro atoms. The van der Waals surface area contributed by atoms with Gasteiger partial charge >= 0.3 is 0 Å². The number of aromatic nitrogens is 2. The number of amidine groups is 1. The molecular formula is C13H13F3N4O4S. The molecule has 0 fully saturated rings. The molecule has 0 aliphatic carbocycles. The van der Waals surface area contributed by atoms with Crippen LogP contribution in [0.15, 0.2) is 32.8 Å². The van der Waals surface area contributed by atoms with Gasteiger partial charge in [-0.1, -0.05) is 11.8 Å². The highest BCUT2D eigenvalue weighted by Gasteiger charge is 2.19. The van der Waals surface area contributed by atoms with E-state index in [2.05, 4.69) is 19.9 Å². The number of thioether (sulfide) groups is 1. The summed E-state index contributed by atoms with van der Waals surface area (Å²) in [6.45, 7) is -0.460. The lowest BCUT2D eigenvalue weighted by Gasteiger charge is -2.07. The molecule has 25 heavy (non-hydrogen) atoms. The van der Waals surface area contributed by atoms with Crippen LogP contribution in [0.3, 0.4) is 0 Å². The first kappa shape index (κ1) is 19.2. The van der Waals surface area contributed by atoms with Gasteiger partial charge in [0.05, 0.1) is 24.0 Å². The van der Waals surface area contributed by atoms with Crippen molar-refractivity contribution in [3.05, 3.63) is 35.3 Å². The van der Waals surface area contributed by atoms with Crippen molar-refractivity contribution in [2.75, 3.05) is 12.4 Å². The summed E-state index contributed by atoms with van der Waals surface area (Å²) in [4.78, 5) is 3.88. The van der Waals surface area contributed by atoms with Gasteiger partial charge in [-0.2, -0.15) is 0 Å². The summed E-state index contributed by atoms with van der Waals surface area (Å²) in [6.07, 6.45) is -4.04. The standard InChI is InChI=1S/C13H13F3N4O4S/c14-9-2-1-6(3-8(9)11(15)16)17-12(18-23)10-13(20-24-19-10)25-5-7(22)4-21/h1-3,7,11,21-23H,4-5H2,(H,17,18)/t7-/m1/s1. The highest BCUT2D eigenvalue weighted by atomic mass is 32.2. The Bertz CT molecular complexity index is 744. The van der Waals surface area contributed by atoms with Gasteiger partial charge in [0, 0.05) is 5.75 Å². The van der Waals surface area contributed by atoms with Crippen molar-refractivity contribution in [3.63, 3.8) is 0 Å². The van der Waals surface area contributed by atoms with Gasteiger partial charge in [0.15, 0.2) is 16.6 Å². The molecule has 136 valence electrons. The average molecular weight is 378 g/mol. The molecule has 2 rings (SSSR count). The third kappa shape index (κ3) is 4.92. The topological polar surface area (TPSA) is 124 Å². The van der Waals surface area contributed by atoms with Gasteiger partial charge in [0.1, 0.15) is 5.82 Å². The average Bonchev–Trinajstić information content (AvgIpc) is 3.06. The van der Waals surface area contributed by atoms with E-state index in [1.807, 2.05) is 0 Å². The normalized spacial score (nSPS) is 13.3. The third-order valence-corrected chi connectivity index (χ3v) is 3.96. The molecule has 0 bridgehead atoms. The minimum atomic E-state index is -3.03. The van der Waals surface area contributed by atoms with Crippen molar-refractivity contribution in [3.8, 4) is 0 Å². The van der Waals surface area contributed by atoms with Crippen molar-refractivity contribution in [1.82, 2.24) is 15.8 Å². The summed E-state index contributed by atoms with van der Waals surface area (Å²) in [5.41, 5.74) is 0.782. The molecule has 2 aromatic rings. The second-order valence-electron chi connectivity index (χ2n) is 4.64. The quantitative estimate of drug-likeness (QED) is 0.248. The van der Waals surface area contributed by atoms with Crippen LogP contribution in [0.2, 0.25) is 0 Å². The Hall–Kier alpha value is -2.15. The zero-order chi connectivity index (χ0) is 18.4. The van der Waals surface area contributed by atoms with E-state index < -0.39 is 30.5 Å². The SMILES string of the molecule is OC[C@@H](O)CSc1nonc1C(=Nc1ccc(F)c(C(F)F)c1)NO. The molecule has 1 aromatic heterocycles. The van der Waals surface area contributed by atoms with Gasteiger partial charge in [0.2, 0.25) is 0 Å². The van der Waals surface area contributed by atoms with Crippen LogP contribution in [-0.2, 0) is 0 Å². The lowest BCUT2D eigenvalue weighted by Crippen LogP contribution is -2.21. The van der Waals surface area contributed by atoms with E-state index in [0.717, 1.165) is 30.0 Å². The van der Waals surface area contributed by atoms with Gasteiger partial charge in [-0.05, 0) is 28.5 Å². The van der Waals surface area contributed by atoms with Crippen LogP contribution in [0.25, 0.3) is 0 Å². The molecule has 0 unspecified atom stereocenters. The summed E-state index contributed by atoms with van der Waals surface area (Å²) < 4.78 is 43.3. The zero-order valence-electron chi connectivity index (χ0n) is 12.4. The largest absolute Gasteiger partial charge is 0.394 e. The Balaban J connectivity index is 2.30. The van der Waals surface area contributed by atoms with Crippen molar-refractivity contribution in [2.45, 2.75) is 17.6 Å². The predicted molar refractivity (Wildman–Crippen MR) is 80.6 cm³/mol. The van der Waals surface area contributed by atoms with Crippen LogP contribution in [0.5, 0.6) is 0 Å². The first-order valence-electron chi connectivity index (χ1n) is 6.77. The number of aliphatic hydroxyl groups is 2. The molecule has 0 saturated heterocycles. The smallest absolute Gasteiger partial charge is 0.266 e. The fourth-order valence-corrected chi connectivity index (χ4v) is 2.49. The molecule has 0 radical (unpaired) electrons. The summed E-state index contributed by atoms with van der Waals surface area (Å²) in [5.74, 6) is -1.30. The fraction of sp³-hybridized carbons (Fsp3) is 0.308. The van der Waals surface area contributed by atoms with E-state index in [1.54, 1.807) is 5.48 Å². The predicted octanol–water partition coefficient (Wildman–Crippen LogP) is 1.65. The molecule has 8 nitrogen and oxygen atoms in total. The third-order valence-electron chi connectivity index (χ3n) is 2.87. The number of aliphatic hydroxyl groups excluding tert-OH is 2. The molecule has 12 heteroatoms. The monoisotopic (exact) mass is 378 g/mol. The molecule has 0 saturated carbocycles. The lowest BCUT2D eigenvalue weighted by molar-refractivity contribution is 0.113. The number of rotatable bonds is 7. The van der Waals surface area contributed by atoms with Crippen molar-refractivity contribution < 1.29 is 33.2 Å². The number of alkyl halides is 2. The minimum Gasteiger partial charge on any atom is -0.394 e. The lowest BCUT2D eigenvalue weighted by atomic mass is 10.2. The number of nitrogens with one attached hydrogen (secondary N) is 1. The Kier molecular flexibility index (Phi) is 6.75. The maximum atomic E-state index is 13.3. The second kappa shape index (κ2) is 8.80. The summed E-state index contributed by atoms with van der Waals surface area (Å²) >= 11 is 0.962. The van der Waals surface area contributed by atoms with Crippen molar-refractivity contribution in [2.24, 2.45) is 4.99 Å².